The minimum absolute atomic E-state index is 0.782. The zero-order chi connectivity index (χ0) is 26.4. The van der Waals surface area contributed by atoms with Gasteiger partial charge in [0.2, 0.25) is 0 Å². The van der Waals surface area contributed by atoms with Gasteiger partial charge in [-0.1, -0.05) is 36.4 Å². The molecule has 8 aromatic rings. The van der Waals surface area contributed by atoms with Gasteiger partial charge >= 0.3 is 0 Å². The van der Waals surface area contributed by atoms with Crippen LogP contribution in [0.25, 0.3) is 54.6 Å². The Kier molecular flexibility index (Phi) is 4.43. The van der Waals surface area contributed by atoms with Crippen LogP contribution in [0.5, 0.6) is 11.5 Å². The zero-order valence-electron chi connectivity index (χ0n) is 22.3. The van der Waals surface area contributed by atoms with Crippen molar-refractivity contribution in [1.82, 2.24) is 18.8 Å². The number of pyridine rings is 2. The molecule has 5 heteroatoms. The Morgan fingerprint density at radius 2 is 0.923 bits per heavy atom. The van der Waals surface area contributed by atoms with Crippen LogP contribution in [0, 0.1) is 27.7 Å². The van der Waals surface area contributed by atoms with Crippen molar-refractivity contribution in [3.63, 3.8) is 0 Å². The van der Waals surface area contributed by atoms with E-state index in [2.05, 4.69) is 121 Å². The van der Waals surface area contributed by atoms with Crippen molar-refractivity contribution in [2.24, 2.45) is 0 Å². The topological polar surface area (TPSA) is 43.8 Å². The van der Waals surface area contributed by atoms with Gasteiger partial charge in [0.05, 0.1) is 22.4 Å². The maximum Gasteiger partial charge on any atom is 0.145 e. The van der Waals surface area contributed by atoms with E-state index in [9.17, 15) is 0 Å². The minimum Gasteiger partial charge on any atom is -0.457 e. The number of hydrogen-bond donors (Lipinski definition) is 0. The maximum absolute atomic E-state index is 6.52. The number of aromatic nitrogens is 4. The van der Waals surface area contributed by atoms with Crippen molar-refractivity contribution < 1.29 is 4.74 Å². The van der Waals surface area contributed by atoms with Gasteiger partial charge in [-0.3, -0.25) is 8.80 Å². The summed E-state index contributed by atoms with van der Waals surface area (Å²) >= 11 is 0. The summed E-state index contributed by atoms with van der Waals surface area (Å²) in [5.41, 5.74) is 8.64. The van der Waals surface area contributed by atoms with E-state index >= 15 is 0 Å². The van der Waals surface area contributed by atoms with Crippen LogP contribution in [0.4, 0.5) is 0 Å². The zero-order valence-corrected chi connectivity index (χ0v) is 22.3. The van der Waals surface area contributed by atoms with Crippen LogP contribution in [0.2, 0.25) is 0 Å². The number of imidazole rings is 2. The van der Waals surface area contributed by atoms with Crippen LogP contribution >= 0.6 is 0 Å². The van der Waals surface area contributed by atoms with Crippen LogP contribution in [0.3, 0.4) is 0 Å². The number of ether oxygens (including phenoxy) is 1. The smallest absolute Gasteiger partial charge is 0.145 e. The molecule has 0 aliphatic rings. The first-order chi connectivity index (χ1) is 19.0. The maximum atomic E-state index is 6.52. The summed E-state index contributed by atoms with van der Waals surface area (Å²) in [7, 11) is 0. The Balaban J connectivity index is 1.34. The number of nitrogens with zero attached hydrogens (tertiary/aromatic N) is 4. The highest BCUT2D eigenvalue weighted by Crippen LogP contribution is 2.37. The normalized spacial score (nSPS) is 12.1. The Morgan fingerprint density at radius 1 is 0.487 bits per heavy atom. The van der Waals surface area contributed by atoms with Gasteiger partial charge in [-0.15, -0.1) is 0 Å². The van der Waals surface area contributed by atoms with Crippen molar-refractivity contribution in [3.05, 3.63) is 108 Å². The number of rotatable bonds is 2. The third-order valence-electron chi connectivity index (χ3n) is 8.26. The average molecular weight is 507 g/mol. The van der Waals surface area contributed by atoms with Crippen molar-refractivity contribution in [1.29, 1.82) is 0 Å². The van der Waals surface area contributed by atoms with Crippen molar-refractivity contribution in [2.75, 3.05) is 0 Å². The van der Waals surface area contributed by atoms with Crippen LogP contribution in [-0.4, -0.2) is 18.8 Å². The lowest BCUT2D eigenvalue weighted by atomic mass is 10.0. The van der Waals surface area contributed by atoms with E-state index in [0.717, 1.165) is 56.3 Å². The molecule has 0 amide bonds. The fraction of sp³-hybridized carbons (Fsp3) is 0.118. The quantitative estimate of drug-likeness (QED) is 0.220. The molecule has 39 heavy (non-hydrogen) atoms. The number of fused-ring (bicyclic) bond motifs is 12. The second kappa shape index (κ2) is 7.81. The number of para-hydroxylation sites is 2. The summed E-state index contributed by atoms with van der Waals surface area (Å²) in [5, 5.41) is 6.91. The molecule has 0 fully saturated rings. The standard InChI is InChI=1S/C34H26N4O/c1-19-21(3)37-31-11-7-5-9-27(31)25-15-13-23(17-29(25)33(37)35-19)39-24-14-16-26-28-10-6-8-12-32(28)38-22(4)20(2)36-34(38)30(26)18-24/h5-18H,1-4H3. The fourth-order valence-corrected chi connectivity index (χ4v) is 6.11. The monoisotopic (exact) mass is 506 g/mol. The predicted molar refractivity (Wildman–Crippen MR) is 159 cm³/mol. The Labute approximate surface area is 224 Å². The lowest BCUT2D eigenvalue weighted by molar-refractivity contribution is 0.484. The van der Waals surface area contributed by atoms with Crippen molar-refractivity contribution >= 4 is 54.6 Å². The van der Waals surface area contributed by atoms with E-state index < -0.39 is 0 Å². The van der Waals surface area contributed by atoms with Gasteiger partial charge < -0.3 is 4.74 Å². The highest BCUT2D eigenvalue weighted by atomic mass is 16.5. The Bertz CT molecular complexity index is 2140. The number of benzene rings is 4. The Morgan fingerprint density at radius 3 is 1.38 bits per heavy atom. The third kappa shape index (κ3) is 3.01. The van der Waals surface area contributed by atoms with Crippen molar-refractivity contribution in [2.45, 2.75) is 27.7 Å². The molecule has 0 saturated heterocycles. The molecular weight excluding hydrogens is 480 g/mol. The number of aryl methyl sites for hydroxylation is 4. The third-order valence-corrected chi connectivity index (χ3v) is 8.26. The van der Waals surface area contributed by atoms with Crippen LogP contribution < -0.4 is 4.74 Å². The van der Waals surface area contributed by atoms with Gasteiger partial charge in [0.25, 0.3) is 0 Å². The first kappa shape index (κ1) is 22.1. The minimum atomic E-state index is 0.782. The molecule has 0 aliphatic carbocycles. The highest BCUT2D eigenvalue weighted by molar-refractivity contribution is 6.13. The summed E-state index contributed by atoms with van der Waals surface area (Å²) in [6.07, 6.45) is 0. The number of hydrogen-bond acceptors (Lipinski definition) is 3. The van der Waals surface area contributed by atoms with E-state index in [1.54, 1.807) is 0 Å². The molecule has 4 aromatic carbocycles. The molecular formula is C34H26N4O. The molecule has 0 radical (unpaired) electrons. The summed E-state index contributed by atoms with van der Waals surface area (Å²) in [6.45, 7) is 8.41. The van der Waals surface area contributed by atoms with E-state index in [4.69, 9.17) is 14.7 Å². The molecule has 5 nitrogen and oxygen atoms in total. The second-order valence-corrected chi connectivity index (χ2v) is 10.4. The van der Waals surface area contributed by atoms with Gasteiger partial charge in [-0.2, -0.15) is 0 Å². The van der Waals surface area contributed by atoms with E-state index in [1.807, 2.05) is 0 Å². The van der Waals surface area contributed by atoms with Crippen molar-refractivity contribution in [3.8, 4) is 11.5 Å². The molecule has 4 aromatic heterocycles. The van der Waals surface area contributed by atoms with E-state index in [-0.39, 0.29) is 0 Å². The molecule has 0 bridgehead atoms. The molecule has 188 valence electrons. The van der Waals surface area contributed by atoms with Crippen LogP contribution in [0.15, 0.2) is 84.9 Å². The van der Waals surface area contributed by atoms with Gasteiger partial charge in [0.1, 0.15) is 22.8 Å². The summed E-state index contributed by atoms with van der Waals surface area (Å²) in [6, 6.07) is 29.7. The summed E-state index contributed by atoms with van der Waals surface area (Å²) in [5.74, 6) is 1.56. The molecule has 0 saturated carbocycles. The summed E-state index contributed by atoms with van der Waals surface area (Å²) in [4.78, 5) is 9.90. The first-order valence-electron chi connectivity index (χ1n) is 13.3. The summed E-state index contributed by atoms with van der Waals surface area (Å²) < 4.78 is 11.0. The lowest BCUT2D eigenvalue weighted by Crippen LogP contribution is -1.95. The van der Waals surface area contributed by atoms with Gasteiger partial charge in [0.15, 0.2) is 0 Å². The molecule has 0 atom stereocenters. The molecule has 0 N–H and O–H groups in total. The van der Waals surface area contributed by atoms with Crippen LogP contribution in [0.1, 0.15) is 22.8 Å². The predicted octanol–water partition coefficient (Wildman–Crippen LogP) is 8.62. The lowest BCUT2D eigenvalue weighted by Gasteiger charge is -2.13. The largest absolute Gasteiger partial charge is 0.457 e. The molecule has 0 spiro atoms. The second-order valence-electron chi connectivity index (χ2n) is 10.4. The first-order valence-corrected chi connectivity index (χ1v) is 13.3. The van der Waals surface area contributed by atoms with Gasteiger partial charge in [-0.25, -0.2) is 9.97 Å². The van der Waals surface area contributed by atoms with E-state index in [0.29, 0.717) is 0 Å². The van der Waals surface area contributed by atoms with Gasteiger partial charge in [-0.05, 0) is 87.0 Å². The van der Waals surface area contributed by atoms with E-state index in [1.165, 1.54) is 32.6 Å². The van der Waals surface area contributed by atoms with Gasteiger partial charge in [0, 0.05) is 32.9 Å². The molecule has 0 unspecified atom stereocenters. The average Bonchev–Trinajstić information content (AvgIpc) is 3.43. The molecule has 4 heterocycles. The molecule has 8 rings (SSSR count). The SMILES string of the molecule is Cc1nc2c3cc(Oc4ccc5c6ccccc6n6c(C)c(C)nc6c5c4)ccc3c3ccccc3n2c1C. The highest BCUT2D eigenvalue weighted by Gasteiger charge is 2.16. The molecule has 0 aliphatic heterocycles. The van der Waals surface area contributed by atoms with Crippen LogP contribution in [-0.2, 0) is 0 Å². The Hall–Kier alpha value is -4.90. The fourth-order valence-electron chi connectivity index (χ4n) is 6.11.